The third-order valence-electron chi connectivity index (χ3n) is 3.98. The highest BCUT2D eigenvalue weighted by molar-refractivity contribution is 5.86. The number of methoxy groups -OCH3 is 3. The Labute approximate surface area is 147 Å². The summed E-state index contributed by atoms with van der Waals surface area (Å²) < 4.78 is 26.6. The van der Waals surface area contributed by atoms with Crippen molar-refractivity contribution in [2.24, 2.45) is 5.92 Å². The SMILES string of the molecule is COC(=O)[C@@H]1OC(CC(C)C)(c2ccc(OC)cc2)O[C@H]1C(=O)OC. The van der Waals surface area contributed by atoms with Crippen molar-refractivity contribution in [1.82, 2.24) is 0 Å². The fourth-order valence-electron chi connectivity index (χ4n) is 2.87. The first kappa shape index (κ1) is 19.2. The van der Waals surface area contributed by atoms with E-state index < -0.39 is 29.9 Å². The third kappa shape index (κ3) is 3.93. The summed E-state index contributed by atoms with van der Waals surface area (Å²) in [7, 11) is 4.04. The first-order valence-corrected chi connectivity index (χ1v) is 8.02. The average molecular weight is 352 g/mol. The Morgan fingerprint density at radius 1 is 1.00 bits per heavy atom. The molecule has 1 saturated heterocycles. The molecule has 0 N–H and O–H groups in total. The molecule has 7 nitrogen and oxygen atoms in total. The fourth-order valence-corrected chi connectivity index (χ4v) is 2.87. The second kappa shape index (κ2) is 7.84. The van der Waals surface area contributed by atoms with Gasteiger partial charge in [0.15, 0.2) is 18.0 Å². The second-order valence-corrected chi connectivity index (χ2v) is 6.20. The lowest BCUT2D eigenvalue weighted by atomic mass is 9.95. The van der Waals surface area contributed by atoms with E-state index in [4.69, 9.17) is 23.7 Å². The van der Waals surface area contributed by atoms with Crippen LogP contribution in [0.2, 0.25) is 0 Å². The van der Waals surface area contributed by atoms with Crippen LogP contribution in [0.25, 0.3) is 0 Å². The van der Waals surface area contributed by atoms with Crippen molar-refractivity contribution in [2.75, 3.05) is 21.3 Å². The van der Waals surface area contributed by atoms with Crippen molar-refractivity contribution in [2.45, 2.75) is 38.3 Å². The third-order valence-corrected chi connectivity index (χ3v) is 3.98. The highest BCUT2D eigenvalue weighted by Crippen LogP contribution is 2.43. The van der Waals surface area contributed by atoms with E-state index in [-0.39, 0.29) is 5.92 Å². The van der Waals surface area contributed by atoms with Crippen molar-refractivity contribution >= 4 is 11.9 Å². The normalized spacial score (nSPS) is 21.8. The minimum absolute atomic E-state index is 0.178. The zero-order chi connectivity index (χ0) is 18.6. The Balaban J connectivity index is 2.44. The van der Waals surface area contributed by atoms with E-state index >= 15 is 0 Å². The quantitative estimate of drug-likeness (QED) is 0.725. The zero-order valence-electron chi connectivity index (χ0n) is 15.1. The molecule has 0 aromatic heterocycles. The molecule has 1 aliphatic rings. The molecular weight excluding hydrogens is 328 g/mol. The standard InChI is InChI=1S/C18H24O7/c1-11(2)10-18(12-6-8-13(21-3)9-7-12)24-14(16(19)22-4)15(25-18)17(20)23-5/h6-9,11,14-15H,10H2,1-5H3/t14-,15-/m1/s1. The lowest BCUT2D eigenvalue weighted by molar-refractivity contribution is -0.203. The molecule has 1 aromatic rings. The molecule has 1 fully saturated rings. The molecule has 2 atom stereocenters. The highest BCUT2D eigenvalue weighted by Gasteiger charge is 2.55. The van der Waals surface area contributed by atoms with Gasteiger partial charge in [-0.25, -0.2) is 9.59 Å². The highest BCUT2D eigenvalue weighted by atomic mass is 16.8. The van der Waals surface area contributed by atoms with E-state index in [1.54, 1.807) is 31.4 Å². The predicted molar refractivity (Wildman–Crippen MR) is 87.9 cm³/mol. The molecule has 1 aromatic carbocycles. The molecule has 0 amide bonds. The number of benzene rings is 1. The predicted octanol–water partition coefficient (Wildman–Crippen LogP) is 2.02. The molecule has 0 saturated carbocycles. The van der Waals surface area contributed by atoms with E-state index in [9.17, 15) is 9.59 Å². The number of hydrogen-bond donors (Lipinski definition) is 0. The maximum Gasteiger partial charge on any atom is 0.338 e. The summed E-state index contributed by atoms with van der Waals surface area (Å²) in [5.41, 5.74) is 0.683. The smallest absolute Gasteiger partial charge is 0.338 e. The number of carbonyl (C=O) groups is 2. The summed E-state index contributed by atoms with van der Waals surface area (Å²) in [6.45, 7) is 3.99. The summed E-state index contributed by atoms with van der Waals surface area (Å²) in [6.07, 6.45) is -1.95. The van der Waals surface area contributed by atoms with Crippen LogP contribution in [0.3, 0.4) is 0 Å². The van der Waals surface area contributed by atoms with E-state index in [1.807, 2.05) is 13.8 Å². The minimum atomic E-state index is -1.25. The summed E-state index contributed by atoms with van der Waals surface area (Å²) >= 11 is 0. The summed E-state index contributed by atoms with van der Waals surface area (Å²) in [6, 6.07) is 7.11. The molecular formula is C18H24O7. The molecule has 138 valence electrons. The van der Waals surface area contributed by atoms with Gasteiger partial charge in [-0.05, 0) is 30.2 Å². The van der Waals surface area contributed by atoms with Gasteiger partial charge in [0.2, 0.25) is 0 Å². The second-order valence-electron chi connectivity index (χ2n) is 6.20. The zero-order valence-corrected chi connectivity index (χ0v) is 15.1. The monoisotopic (exact) mass is 352 g/mol. The van der Waals surface area contributed by atoms with Gasteiger partial charge in [0.05, 0.1) is 21.3 Å². The van der Waals surface area contributed by atoms with E-state index in [1.165, 1.54) is 14.2 Å². The van der Waals surface area contributed by atoms with Gasteiger partial charge < -0.3 is 23.7 Å². The average Bonchev–Trinajstić information content (AvgIpc) is 3.00. The Bertz CT molecular complexity index is 584. The largest absolute Gasteiger partial charge is 0.497 e. The Hall–Kier alpha value is -2.12. The Morgan fingerprint density at radius 3 is 1.84 bits per heavy atom. The Morgan fingerprint density at radius 2 is 1.48 bits per heavy atom. The lowest BCUT2D eigenvalue weighted by Crippen LogP contribution is -2.38. The molecule has 0 radical (unpaired) electrons. The van der Waals surface area contributed by atoms with Crippen LogP contribution in [-0.4, -0.2) is 45.5 Å². The van der Waals surface area contributed by atoms with Gasteiger partial charge in [-0.1, -0.05) is 13.8 Å². The van der Waals surface area contributed by atoms with Crippen LogP contribution in [-0.2, 0) is 34.3 Å². The van der Waals surface area contributed by atoms with Crippen molar-refractivity contribution in [3.05, 3.63) is 29.8 Å². The molecule has 1 heterocycles. The molecule has 0 spiro atoms. The molecule has 0 aliphatic carbocycles. The van der Waals surface area contributed by atoms with Crippen LogP contribution in [0.15, 0.2) is 24.3 Å². The van der Waals surface area contributed by atoms with Gasteiger partial charge in [0, 0.05) is 12.0 Å². The molecule has 0 bridgehead atoms. The first-order chi connectivity index (χ1) is 11.9. The topological polar surface area (TPSA) is 80.3 Å². The van der Waals surface area contributed by atoms with Crippen LogP contribution < -0.4 is 4.74 Å². The van der Waals surface area contributed by atoms with E-state index in [2.05, 4.69) is 0 Å². The number of ether oxygens (including phenoxy) is 5. The van der Waals surface area contributed by atoms with Gasteiger partial charge in [-0.2, -0.15) is 0 Å². The maximum absolute atomic E-state index is 12.1. The Kier molecular flexibility index (Phi) is 6.02. The molecule has 0 unspecified atom stereocenters. The van der Waals surface area contributed by atoms with Crippen LogP contribution in [0, 0.1) is 5.92 Å². The van der Waals surface area contributed by atoms with Crippen LogP contribution in [0.1, 0.15) is 25.8 Å². The number of carbonyl (C=O) groups excluding carboxylic acids is 2. The van der Waals surface area contributed by atoms with Gasteiger partial charge in [0.1, 0.15) is 5.75 Å². The van der Waals surface area contributed by atoms with E-state index in [0.717, 1.165) is 0 Å². The summed E-state index contributed by atoms with van der Waals surface area (Å²) in [5.74, 6) is -1.77. The van der Waals surface area contributed by atoms with Crippen molar-refractivity contribution in [3.63, 3.8) is 0 Å². The van der Waals surface area contributed by atoms with Gasteiger partial charge in [0.25, 0.3) is 0 Å². The number of rotatable bonds is 6. The van der Waals surface area contributed by atoms with Gasteiger partial charge in [-0.15, -0.1) is 0 Å². The van der Waals surface area contributed by atoms with Crippen molar-refractivity contribution in [3.8, 4) is 5.75 Å². The first-order valence-electron chi connectivity index (χ1n) is 8.02. The van der Waals surface area contributed by atoms with E-state index in [0.29, 0.717) is 17.7 Å². The molecule has 7 heteroatoms. The lowest BCUT2D eigenvalue weighted by Gasteiger charge is -2.30. The fraction of sp³-hybridized carbons (Fsp3) is 0.556. The molecule has 2 rings (SSSR count). The van der Waals surface area contributed by atoms with Crippen LogP contribution in [0.4, 0.5) is 0 Å². The number of esters is 2. The van der Waals surface area contributed by atoms with Crippen molar-refractivity contribution in [1.29, 1.82) is 0 Å². The van der Waals surface area contributed by atoms with Crippen LogP contribution in [0.5, 0.6) is 5.75 Å². The van der Waals surface area contributed by atoms with Crippen LogP contribution >= 0.6 is 0 Å². The number of hydrogen-bond acceptors (Lipinski definition) is 7. The van der Waals surface area contributed by atoms with Crippen molar-refractivity contribution < 1.29 is 33.3 Å². The molecule has 1 aliphatic heterocycles. The maximum atomic E-state index is 12.1. The minimum Gasteiger partial charge on any atom is -0.497 e. The summed E-state index contributed by atoms with van der Waals surface area (Å²) in [5, 5.41) is 0. The van der Waals surface area contributed by atoms with Gasteiger partial charge >= 0.3 is 11.9 Å². The summed E-state index contributed by atoms with van der Waals surface area (Å²) in [4.78, 5) is 24.2. The van der Waals surface area contributed by atoms with Gasteiger partial charge in [-0.3, -0.25) is 0 Å². The molecule has 25 heavy (non-hydrogen) atoms.